The van der Waals surface area contributed by atoms with E-state index in [2.05, 4.69) is 20.2 Å². The van der Waals surface area contributed by atoms with Gasteiger partial charge >= 0.3 is 0 Å². The van der Waals surface area contributed by atoms with E-state index in [0.717, 1.165) is 29.7 Å². The van der Waals surface area contributed by atoms with Crippen molar-refractivity contribution in [1.82, 2.24) is 19.3 Å². The van der Waals surface area contributed by atoms with Gasteiger partial charge in [0.05, 0.1) is 17.7 Å². The molecular weight excluding hydrogens is 498 g/mol. The maximum Gasteiger partial charge on any atom is 0.269 e. The molecule has 2 saturated heterocycles. The standard InChI is InChI=1S/C26H27N5O3S.ClH/c1-17-3-7-21(8-4-17)35(32,33)31-24(18-9-11-27-25(13-18)34-2)14-22-23(10-12-28-26(22)31)30-15-19-5-6-20(16-30)29-19;/h3-4,7-14,19-20,29H,5-6,15-16H2,1-2H3;1H. The Bertz CT molecular complexity index is 1510. The molecule has 1 aromatic carbocycles. The second-order valence-electron chi connectivity index (χ2n) is 9.31. The van der Waals surface area contributed by atoms with E-state index in [1.807, 2.05) is 31.2 Å². The van der Waals surface area contributed by atoms with Gasteiger partial charge in [0.15, 0.2) is 5.65 Å². The summed E-state index contributed by atoms with van der Waals surface area (Å²) in [5, 5.41) is 4.48. The Balaban J connectivity index is 0.00000267. The van der Waals surface area contributed by atoms with Gasteiger partial charge in [-0.2, -0.15) is 0 Å². The number of hydrogen-bond donors (Lipinski definition) is 1. The number of nitrogens with zero attached hydrogens (tertiary/aromatic N) is 4. The first kappa shape index (κ1) is 24.5. The average Bonchev–Trinajstić information content (AvgIpc) is 3.44. The van der Waals surface area contributed by atoms with E-state index in [-0.39, 0.29) is 17.3 Å². The third-order valence-corrected chi connectivity index (χ3v) is 8.71. The molecule has 2 bridgehead atoms. The summed E-state index contributed by atoms with van der Waals surface area (Å²) in [6.07, 6.45) is 5.66. The minimum absolute atomic E-state index is 0. The Morgan fingerprint density at radius 1 is 0.972 bits per heavy atom. The first-order valence-electron chi connectivity index (χ1n) is 11.8. The summed E-state index contributed by atoms with van der Waals surface area (Å²) in [5.41, 5.74) is 3.64. The molecule has 36 heavy (non-hydrogen) atoms. The fourth-order valence-corrected chi connectivity index (χ4v) is 6.75. The zero-order chi connectivity index (χ0) is 24.2. The number of hydrogen-bond acceptors (Lipinski definition) is 7. The molecule has 6 rings (SSSR count). The van der Waals surface area contributed by atoms with Crippen molar-refractivity contribution in [3.63, 3.8) is 0 Å². The number of methoxy groups -OCH3 is 1. The Labute approximate surface area is 216 Å². The lowest BCUT2D eigenvalue weighted by Crippen LogP contribution is -2.51. The monoisotopic (exact) mass is 525 g/mol. The van der Waals surface area contributed by atoms with Gasteiger partial charge in [-0.25, -0.2) is 22.4 Å². The number of aryl methyl sites for hydroxylation is 1. The Morgan fingerprint density at radius 2 is 1.67 bits per heavy atom. The molecule has 188 valence electrons. The zero-order valence-electron chi connectivity index (χ0n) is 20.1. The van der Waals surface area contributed by atoms with Crippen LogP contribution in [0.15, 0.2) is 65.8 Å². The van der Waals surface area contributed by atoms with Crippen molar-refractivity contribution in [2.75, 3.05) is 25.1 Å². The third-order valence-electron chi connectivity index (χ3n) is 6.99. The number of nitrogens with one attached hydrogen (secondary N) is 1. The first-order chi connectivity index (χ1) is 16.9. The molecule has 3 aromatic heterocycles. The van der Waals surface area contributed by atoms with Crippen molar-refractivity contribution in [2.45, 2.75) is 36.7 Å². The lowest BCUT2D eigenvalue weighted by atomic mass is 10.1. The van der Waals surface area contributed by atoms with E-state index in [9.17, 15) is 8.42 Å². The minimum atomic E-state index is -3.93. The molecule has 0 saturated carbocycles. The Kier molecular flexibility index (Phi) is 6.40. The van der Waals surface area contributed by atoms with Gasteiger partial charge in [0.2, 0.25) is 5.88 Å². The number of piperazine rings is 1. The van der Waals surface area contributed by atoms with Gasteiger partial charge in [-0.15, -0.1) is 12.4 Å². The van der Waals surface area contributed by atoms with Crippen LogP contribution in [-0.4, -0.2) is 54.6 Å². The molecule has 0 radical (unpaired) electrons. The highest BCUT2D eigenvalue weighted by molar-refractivity contribution is 7.90. The summed E-state index contributed by atoms with van der Waals surface area (Å²) in [5.74, 6) is 0.416. The highest BCUT2D eigenvalue weighted by atomic mass is 35.5. The van der Waals surface area contributed by atoms with Crippen LogP contribution in [0.2, 0.25) is 0 Å². The van der Waals surface area contributed by atoms with Crippen molar-refractivity contribution >= 4 is 39.2 Å². The van der Waals surface area contributed by atoms with Crippen LogP contribution in [0.3, 0.4) is 0 Å². The van der Waals surface area contributed by atoms with Crippen molar-refractivity contribution in [2.24, 2.45) is 0 Å². The van der Waals surface area contributed by atoms with Crippen molar-refractivity contribution < 1.29 is 13.2 Å². The van der Waals surface area contributed by atoms with Gasteiger partial charge in [-0.3, -0.25) is 0 Å². The van der Waals surface area contributed by atoms with E-state index < -0.39 is 10.0 Å². The molecule has 0 spiro atoms. The average molecular weight is 526 g/mol. The summed E-state index contributed by atoms with van der Waals surface area (Å²) >= 11 is 0. The van der Waals surface area contributed by atoms with Crippen LogP contribution in [-0.2, 0) is 10.0 Å². The van der Waals surface area contributed by atoms with Crippen LogP contribution in [0, 0.1) is 6.92 Å². The van der Waals surface area contributed by atoms with Gasteiger partial charge in [-0.1, -0.05) is 17.7 Å². The summed E-state index contributed by atoms with van der Waals surface area (Å²) in [6.45, 7) is 3.72. The van der Waals surface area contributed by atoms with Crippen LogP contribution in [0.5, 0.6) is 5.88 Å². The van der Waals surface area contributed by atoms with Crippen LogP contribution < -0.4 is 15.0 Å². The van der Waals surface area contributed by atoms with Gasteiger partial charge in [0.1, 0.15) is 0 Å². The summed E-state index contributed by atoms with van der Waals surface area (Å²) in [7, 11) is -2.39. The molecule has 8 nitrogen and oxygen atoms in total. The largest absolute Gasteiger partial charge is 0.481 e. The lowest BCUT2D eigenvalue weighted by Gasteiger charge is -2.34. The fourth-order valence-electron chi connectivity index (χ4n) is 5.27. The fraction of sp³-hybridized carbons (Fsp3) is 0.308. The molecule has 0 aliphatic carbocycles. The zero-order valence-corrected chi connectivity index (χ0v) is 21.7. The molecule has 2 unspecified atom stereocenters. The maximum atomic E-state index is 14.0. The number of anilines is 1. The van der Waals surface area contributed by atoms with Gasteiger partial charge in [0.25, 0.3) is 10.0 Å². The smallest absolute Gasteiger partial charge is 0.269 e. The van der Waals surface area contributed by atoms with Crippen LogP contribution in [0.4, 0.5) is 5.69 Å². The second-order valence-corrected chi connectivity index (χ2v) is 11.1. The highest BCUT2D eigenvalue weighted by Gasteiger charge is 2.34. The molecule has 0 amide bonds. The van der Waals surface area contributed by atoms with E-state index in [0.29, 0.717) is 34.9 Å². The number of halogens is 1. The van der Waals surface area contributed by atoms with Gasteiger partial charge < -0.3 is 15.0 Å². The number of benzene rings is 1. The second kappa shape index (κ2) is 9.38. The minimum Gasteiger partial charge on any atom is -0.481 e. The summed E-state index contributed by atoms with van der Waals surface area (Å²) in [6, 6.07) is 15.3. The molecular formula is C26H28ClN5O3S. The SMILES string of the molecule is COc1cc(-c2cc3c(N4CC5CCC(C4)N5)ccnc3n2S(=O)(=O)c2ccc(C)cc2)ccn1.Cl. The molecule has 2 aliphatic rings. The first-order valence-corrected chi connectivity index (χ1v) is 13.2. The third kappa shape index (κ3) is 4.11. The predicted molar refractivity (Wildman–Crippen MR) is 143 cm³/mol. The van der Waals surface area contributed by atoms with E-state index in [1.54, 1.807) is 43.8 Å². The van der Waals surface area contributed by atoms with Gasteiger partial charge in [-0.05, 0) is 50.1 Å². The highest BCUT2D eigenvalue weighted by Crippen LogP contribution is 2.37. The van der Waals surface area contributed by atoms with Crippen LogP contribution in [0.25, 0.3) is 22.3 Å². The van der Waals surface area contributed by atoms with Crippen LogP contribution >= 0.6 is 12.4 Å². The molecule has 2 fully saturated rings. The van der Waals surface area contributed by atoms with E-state index in [4.69, 9.17) is 4.74 Å². The number of fused-ring (bicyclic) bond motifs is 3. The molecule has 1 N–H and O–H groups in total. The quantitative estimate of drug-likeness (QED) is 0.421. The van der Waals surface area contributed by atoms with Crippen molar-refractivity contribution in [3.8, 4) is 17.1 Å². The molecule has 10 heteroatoms. The summed E-state index contributed by atoms with van der Waals surface area (Å²) in [4.78, 5) is 11.4. The number of pyridine rings is 2. The topological polar surface area (TPSA) is 89.4 Å². The number of aromatic nitrogens is 3. The molecule has 5 heterocycles. The Hall–Kier alpha value is -3.14. The molecule has 2 aliphatic heterocycles. The number of rotatable bonds is 5. The van der Waals surface area contributed by atoms with Gasteiger partial charge in [0, 0.05) is 60.3 Å². The van der Waals surface area contributed by atoms with Crippen LogP contribution in [0.1, 0.15) is 18.4 Å². The predicted octanol–water partition coefficient (Wildman–Crippen LogP) is 4.01. The van der Waals surface area contributed by atoms with E-state index >= 15 is 0 Å². The van der Waals surface area contributed by atoms with Crippen molar-refractivity contribution in [1.29, 1.82) is 0 Å². The maximum absolute atomic E-state index is 14.0. The molecule has 4 aromatic rings. The van der Waals surface area contributed by atoms with E-state index in [1.165, 1.54) is 16.8 Å². The Morgan fingerprint density at radius 3 is 2.36 bits per heavy atom. The normalized spacial score (nSPS) is 19.3. The number of ether oxygens (including phenoxy) is 1. The summed E-state index contributed by atoms with van der Waals surface area (Å²) < 4.78 is 34.7. The van der Waals surface area contributed by atoms with Crippen molar-refractivity contribution in [3.05, 3.63) is 66.5 Å². The molecule has 2 atom stereocenters. The lowest BCUT2D eigenvalue weighted by molar-refractivity contribution is 0.398.